The van der Waals surface area contributed by atoms with E-state index in [9.17, 15) is 13.6 Å². The van der Waals surface area contributed by atoms with Crippen LogP contribution in [0.15, 0.2) is 23.6 Å². The third-order valence-corrected chi connectivity index (χ3v) is 3.21. The van der Waals surface area contributed by atoms with E-state index in [4.69, 9.17) is 0 Å². The van der Waals surface area contributed by atoms with Crippen LogP contribution in [0.3, 0.4) is 0 Å². The number of hydrogen-bond donors (Lipinski definition) is 0. The number of carbonyl (C=O) groups excluding carboxylic acids is 1. The van der Waals surface area contributed by atoms with Crippen molar-refractivity contribution in [3.63, 3.8) is 0 Å². The van der Waals surface area contributed by atoms with Gasteiger partial charge >= 0.3 is 5.97 Å². The van der Waals surface area contributed by atoms with Gasteiger partial charge in [-0.25, -0.2) is 13.8 Å². The lowest BCUT2D eigenvalue weighted by molar-refractivity contribution is -0.139. The highest BCUT2D eigenvalue weighted by Gasteiger charge is 2.10. The number of thiazole rings is 1. The fourth-order valence-corrected chi connectivity index (χ4v) is 2.19. The Bertz CT molecular complexity index is 583. The van der Waals surface area contributed by atoms with Gasteiger partial charge in [-0.3, -0.25) is 4.79 Å². The zero-order chi connectivity index (χ0) is 13.1. The van der Waals surface area contributed by atoms with Crippen LogP contribution in [0, 0.1) is 11.6 Å². The van der Waals surface area contributed by atoms with Crippen LogP contribution in [-0.4, -0.2) is 18.1 Å². The lowest BCUT2D eigenvalue weighted by Gasteiger charge is -1.97. The molecule has 94 valence electrons. The Hall–Kier alpha value is -1.82. The second-order valence-electron chi connectivity index (χ2n) is 3.53. The predicted octanol–water partition coefficient (Wildman–Crippen LogP) is 2.80. The first kappa shape index (κ1) is 12.6. The maximum absolute atomic E-state index is 13.1. The van der Waals surface area contributed by atoms with Gasteiger partial charge in [-0.1, -0.05) is 0 Å². The molecule has 0 aliphatic heterocycles. The Morgan fingerprint density at radius 1 is 1.39 bits per heavy atom. The first-order valence-electron chi connectivity index (χ1n) is 5.07. The van der Waals surface area contributed by atoms with Gasteiger partial charge in [0.2, 0.25) is 0 Å². The molecular formula is C12H9F2NO2S. The van der Waals surface area contributed by atoms with Crippen molar-refractivity contribution in [3.8, 4) is 10.6 Å². The number of rotatable bonds is 3. The molecule has 0 spiro atoms. The van der Waals surface area contributed by atoms with E-state index in [2.05, 4.69) is 9.72 Å². The topological polar surface area (TPSA) is 39.2 Å². The quantitative estimate of drug-likeness (QED) is 0.804. The molecule has 0 saturated heterocycles. The van der Waals surface area contributed by atoms with Crippen molar-refractivity contribution in [2.75, 3.05) is 7.11 Å². The zero-order valence-electron chi connectivity index (χ0n) is 9.44. The minimum atomic E-state index is -0.919. The fourth-order valence-electron chi connectivity index (χ4n) is 1.37. The van der Waals surface area contributed by atoms with Gasteiger partial charge in [-0.15, -0.1) is 11.3 Å². The number of benzene rings is 1. The average Bonchev–Trinajstić information content (AvgIpc) is 2.81. The summed E-state index contributed by atoms with van der Waals surface area (Å²) >= 11 is 1.26. The van der Waals surface area contributed by atoms with Crippen LogP contribution >= 0.6 is 11.3 Å². The maximum atomic E-state index is 13.1. The average molecular weight is 269 g/mol. The molecule has 0 aliphatic rings. The summed E-state index contributed by atoms with van der Waals surface area (Å²) < 4.78 is 30.4. The van der Waals surface area contributed by atoms with Crippen molar-refractivity contribution < 1.29 is 18.3 Å². The summed E-state index contributed by atoms with van der Waals surface area (Å²) in [6.45, 7) is 0. The van der Waals surface area contributed by atoms with Gasteiger partial charge < -0.3 is 4.74 Å². The number of ether oxygens (including phenoxy) is 1. The molecule has 1 aromatic carbocycles. The van der Waals surface area contributed by atoms with E-state index in [1.807, 2.05) is 0 Å². The highest BCUT2D eigenvalue weighted by molar-refractivity contribution is 7.13. The van der Waals surface area contributed by atoms with Crippen LogP contribution < -0.4 is 0 Å². The number of hydrogen-bond acceptors (Lipinski definition) is 4. The van der Waals surface area contributed by atoms with Crippen molar-refractivity contribution in [3.05, 3.63) is 40.9 Å². The van der Waals surface area contributed by atoms with Crippen molar-refractivity contribution >= 4 is 17.3 Å². The molecule has 1 aromatic heterocycles. The van der Waals surface area contributed by atoms with E-state index >= 15 is 0 Å². The molecule has 6 heteroatoms. The van der Waals surface area contributed by atoms with Gasteiger partial charge in [0.15, 0.2) is 11.6 Å². The van der Waals surface area contributed by atoms with E-state index in [1.165, 1.54) is 24.5 Å². The summed E-state index contributed by atoms with van der Waals surface area (Å²) in [6.07, 6.45) is 0.0661. The van der Waals surface area contributed by atoms with E-state index in [0.29, 0.717) is 16.3 Å². The largest absolute Gasteiger partial charge is 0.469 e. The summed E-state index contributed by atoms with van der Waals surface area (Å²) in [7, 11) is 1.30. The van der Waals surface area contributed by atoms with Crippen molar-refractivity contribution in [1.82, 2.24) is 4.98 Å². The first-order chi connectivity index (χ1) is 8.60. The van der Waals surface area contributed by atoms with E-state index < -0.39 is 17.6 Å². The standard InChI is InChI=1S/C12H9F2NO2S/c1-17-11(16)5-8-6-18-12(15-8)7-2-3-9(13)10(14)4-7/h2-4,6H,5H2,1H3. The van der Waals surface area contributed by atoms with Crippen LogP contribution in [0.4, 0.5) is 8.78 Å². The number of halogens is 2. The number of carbonyl (C=O) groups is 1. The van der Waals surface area contributed by atoms with Crippen LogP contribution in [0.25, 0.3) is 10.6 Å². The molecule has 0 unspecified atom stereocenters. The third kappa shape index (κ3) is 2.70. The zero-order valence-corrected chi connectivity index (χ0v) is 10.3. The van der Waals surface area contributed by atoms with E-state index in [0.717, 1.165) is 12.1 Å². The number of methoxy groups -OCH3 is 1. The molecular weight excluding hydrogens is 260 g/mol. The highest BCUT2D eigenvalue weighted by Crippen LogP contribution is 2.25. The summed E-state index contributed by atoms with van der Waals surface area (Å²) in [5.41, 5.74) is 1.03. The van der Waals surface area contributed by atoms with E-state index in [-0.39, 0.29) is 6.42 Å². The predicted molar refractivity (Wildman–Crippen MR) is 63.2 cm³/mol. The molecule has 2 aromatic rings. The monoisotopic (exact) mass is 269 g/mol. The Morgan fingerprint density at radius 2 is 2.17 bits per heavy atom. The molecule has 0 amide bonds. The molecule has 0 atom stereocenters. The summed E-state index contributed by atoms with van der Waals surface area (Å²) in [5.74, 6) is -2.21. The molecule has 1 heterocycles. The van der Waals surface area contributed by atoms with Gasteiger partial charge in [0.1, 0.15) is 5.01 Å². The number of aromatic nitrogens is 1. The Labute approximate surface area is 106 Å². The maximum Gasteiger partial charge on any atom is 0.311 e. The lowest BCUT2D eigenvalue weighted by Crippen LogP contribution is -2.04. The van der Waals surface area contributed by atoms with Crippen molar-refractivity contribution in [2.24, 2.45) is 0 Å². The summed E-state index contributed by atoms with van der Waals surface area (Å²) in [5, 5.41) is 2.22. The van der Waals surface area contributed by atoms with Gasteiger partial charge in [0.05, 0.1) is 19.2 Å². The molecule has 0 fully saturated rings. The SMILES string of the molecule is COC(=O)Cc1csc(-c2ccc(F)c(F)c2)n1. The molecule has 0 N–H and O–H groups in total. The second kappa shape index (κ2) is 5.22. The van der Waals surface area contributed by atoms with Gasteiger partial charge in [0, 0.05) is 10.9 Å². The van der Waals surface area contributed by atoms with Crippen molar-refractivity contribution in [2.45, 2.75) is 6.42 Å². The molecule has 3 nitrogen and oxygen atoms in total. The molecule has 0 saturated carbocycles. The second-order valence-corrected chi connectivity index (χ2v) is 4.38. The van der Waals surface area contributed by atoms with Gasteiger partial charge in [-0.2, -0.15) is 0 Å². The fraction of sp³-hybridized carbons (Fsp3) is 0.167. The first-order valence-corrected chi connectivity index (χ1v) is 5.94. The highest BCUT2D eigenvalue weighted by atomic mass is 32.1. The molecule has 0 aliphatic carbocycles. The minimum Gasteiger partial charge on any atom is -0.469 e. The van der Waals surface area contributed by atoms with Gasteiger partial charge in [-0.05, 0) is 18.2 Å². The smallest absolute Gasteiger partial charge is 0.311 e. The number of nitrogens with zero attached hydrogens (tertiary/aromatic N) is 1. The van der Waals surface area contributed by atoms with Crippen LogP contribution in [0.5, 0.6) is 0 Å². The van der Waals surface area contributed by atoms with Crippen LogP contribution in [0.2, 0.25) is 0 Å². The minimum absolute atomic E-state index is 0.0661. The lowest BCUT2D eigenvalue weighted by atomic mass is 10.2. The Balaban J connectivity index is 2.23. The molecule has 18 heavy (non-hydrogen) atoms. The third-order valence-electron chi connectivity index (χ3n) is 2.27. The number of esters is 1. The summed E-state index contributed by atoms with van der Waals surface area (Å²) in [4.78, 5) is 15.2. The van der Waals surface area contributed by atoms with Crippen LogP contribution in [-0.2, 0) is 16.0 Å². The molecule has 2 rings (SSSR count). The Kier molecular flexibility index (Phi) is 3.66. The molecule has 0 radical (unpaired) electrons. The van der Waals surface area contributed by atoms with Crippen LogP contribution in [0.1, 0.15) is 5.69 Å². The van der Waals surface area contributed by atoms with Gasteiger partial charge in [0.25, 0.3) is 0 Å². The summed E-state index contributed by atoms with van der Waals surface area (Å²) in [6, 6.07) is 3.57. The normalized spacial score (nSPS) is 10.4. The molecule has 0 bridgehead atoms. The van der Waals surface area contributed by atoms with E-state index in [1.54, 1.807) is 5.38 Å². The Morgan fingerprint density at radius 3 is 2.83 bits per heavy atom. The van der Waals surface area contributed by atoms with Crippen molar-refractivity contribution in [1.29, 1.82) is 0 Å².